The highest BCUT2D eigenvalue weighted by Gasteiger charge is 2.23. The van der Waals surface area contributed by atoms with Crippen molar-refractivity contribution in [3.05, 3.63) is 108 Å². The SMILES string of the molecule is C[C@H](Sc1nncn1-c1ccccc1F)C(=O)NC(c1ccccc1)c1ccccc1. The molecular formula is C24H21FN4OS. The van der Waals surface area contributed by atoms with E-state index in [4.69, 9.17) is 0 Å². The second kappa shape index (κ2) is 9.57. The molecule has 3 aromatic carbocycles. The predicted octanol–water partition coefficient (Wildman–Crippen LogP) is 4.79. The minimum Gasteiger partial charge on any atom is -0.344 e. The molecule has 156 valence electrons. The third-order valence-electron chi connectivity index (χ3n) is 4.83. The highest BCUT2D eigenvalue weighted by molar-refractivity contribution is 8.00. The number of halogens is 1. The van der Waals surface area contributed by atoms with Gasteiger partial charge in [-0.25, -0.2) is 4.39 Å². The average Bonchev–Trinajstić information content (AvgIpc) is 3.26. The van der Waals surface area contributed by atoms with E-state index in [1.807, 2.05) is 60.7 Å². The quantitative estimate of drug-likeness (QED) is 0.427. The molecule has 0 spiro atoms. The maximum atomic E-state index is 14.2. The summed E-state index contributed by atoms with van der Waals surface area (Å²) in [7, 11) is 0. The van der Waals surface area contributed by atoms with Crippen molar-refractivity contribution in [2.75, 3.05) is 0 Å². The first-order valence-electron chi connectivity index (χ1n) is 9.85. The second-order valence-corrected chi connectivity index (χ2v) is 8.27. The Morgan fingerprint density at radius 2 is 1.52 bits per heavy atom. The van der Waals surface area contributed by atoms with E-state index >= 15 is 0 Å². The molecule has 31 heavy (non-hydrogen) atoms. The third-order valence-corrected chi connectivity index (χ3v) is 5.89. The summed E-state index contributed by atoms with van der Waals surface area (Å²) in [5.41, 5.74) is 2.33. The molecule has 0 aliphatic carbocycles. The summed E-state index contributed by atoms with van der Waals surface area (Å²) >= 11 is 1.23. The van der Waals surface area contributed by atoms with Crippen LogP contribution < -0.4 is 5.32 Å². The second-order valence-electron chi connectivity index (χ2n) is 6.96. The van der Waals surface area contributed by atoms with Crippen molar-refractivity contribution in [3.8, 4) is 5.69 Å². The number of benzene rings is 3. The summed E-state index contributed by atoms with van der Waals surface area (Å²) in [6, 6.07) is 25.8. The topological polar surface area (TPSA) is 59.8 Å². The van der Waals surface area contributed by atoms with E-state index in [0.717, 1.165) is 11.1 Å². The first-order valence-corrected chi connectivity index (χ1v) is 10.7. The monoisotopic (exact) mass is 432 g/mol. The van der Waals surface area contributed by atoms with E-state index in [1.54, 1.807) is 29.7 Å². The number of aromatic nitrogens is 3. The number of nitrogens with one attached hydrogen (secondary N) is 1. The van der Waals surface area contributed by atoms with Crippen molar-refractivity contribution < 1.29 is 9.18 Å². The fraction of sp³-hybridized carbons (Fsp3) is 0.125. The summed E-state index contributed by atoms with van der Waals surface area (Å²) in [5, 5.41) is 11.1. The molecule has 1 heterocycles. The van der Waals surface area contributed by atoms with Gasteiger partial charge in [-0.15, -0.1) is 10.2 Å². The molecule has 1 atom stereocenters. The molecule has 7 heteroatoms. The molecule has 0 saturated carbocycles. The van der Waals surface area contributed by atoms with Gasteiger partial charge in [0.1, 0.15) is 12.1 Å². The lowest BCUT2D eigenvalue weighted by atomic mass is 9.98. The molecule has 0 aliphatic heterocycles. The van der Waals surface area contributed by atoms with Crippen LogP contribution in [-0.4, -0.2) is 25.9 Å². The Balaban J connectivity index is 1.53. The fourth-order valence-corrected chi connectivity index (χ4v) is 4.08. The Hall–Kier alpha value is -3.45. The van der Waals surface area contributed by atoms with Crippen molar-refractivity contribution in [2.24, 2.45) is 0 Å². The molecule has 5 nitrogen and oxygen atoms in total. The molecule has 0 aliphatic rings. The van der Waals surface area contributed by atoms with Crippen LogP contribution in [0.25, 0.3) is 5.69 Å². The van der Waals surface area contributed by atoms with Crippen LogP contribution in [0.15, 0.2) is 96.4 Å². The number of carbonyl (C=O) groups is 1. The molecule has 4 aromatic rings. The van der Waals surface area contributed by atoms with Crippen molar-refractivity contribution in [2.45, 2.75) is 23.4 Å². The third kappa shape index (κ3) is 4.83. The minimum absolute atomic E-state index is 0.147. The largest absolute Gasteiger partial charge is 0.344 e. The van der Waals surface area contributed by atoms with Crippen LogP contribution in [0, 0.1) is 5.82 Å². The molecule has 0 bridgehead atoms. The summed E-state index contributed by atoms with van der Waals surface area (Å²) in [6.45, 7) is 1.80. The van der Waals surface area contributed by atoms with Gasteiger partial charge in [-0.2, -0.15) is 0 Å². The van der Waals surface area contributed by atoms with Gasteiger partial charge in [0.05, 0.1) is 17.0 Å². The Bertz CT molecular complexity index is 1110. The number of rotatable bonds is 7. The van der Waals surface area contributed by atoms with Crippen LogP contribution in [0.5, 0.6) is 0 Å². The average molecular weight is 433 g/mol. The highest BCUT2D eigenvalue weighted by Crippen LogP contribution is 2.27. The zero-order valence-corrected chi connectivity index (χ0v) is 17.7. The Morgan fingerprint density at radius 1 is 0.935 bits per heavy atom. The summed E-state index contributed by atoms with van der Waals surface area (Å²) < 4.78 is 15.8. The molecule has 1 aromatic heterocycles. The van der Waals surface area contributed by atoms with E-state index in [-0.39, 0.29) is 17.8 Å². The standard InChI is InChI=1S/C24H21FN4OS/c1-17(31-24-28-26-16-29(24)21-15-9-8-14-20(21)25)23(30)27-22(18-10-4-2-5-11-18)19-12-6-3-7-13-19/h2-17,22H,1H3,(H,27,30)/t17-/m0/s1. The van der Waals surface area contributed by atoms with Gasteiger partial charge < -0.3 is 5.32 Å². The predicted molar refractivity (Wildman–Crippen MR) is 120 cm³/mol. The van der Waals surface area contributed by atoms with Gasteiger partial charge in [0.25, 0.3) is 0 Å². The number of amides is 1. The van der Waals surface area contributed by atoms with Gasteiger partial charge in [-0.3, -0.25) is 9.36 Å². The minimum atomic E-state index is -0.468. The molecule has 0 saturated heterocycles. The lowest BCUT2D eigenvalue weighted by Gasteiger charge is -2.22. The van der Waals surface area contributed by atoms with Crippen molar-refractivity contribution >= 4 is 17.7 Å². The van der Waals surface area contributed by atoms with Crippen LogP contribution >= 0.6 is 11.8 Å². The van der Waals surface area contributed by atoms with Crippen molar-refractivity contribution in [1.82, 2.24) is 20.1 Å². The summed E-state index contributed by atoms with van der Waals surface area (Å²) in [5.74, 6) is -0.528. The van der Waals surface area contributed by atoms with Gasteiger partial charge in [-0.05, 0) is 30.2 Å². The van der Waals surface area contributed by atoms with Crippen LogP contribution in [0.4, 0.5) is 4.39 Å². The Morgan fingerprint density at radius 3 is 2.13 bits per heavy atom. The van der Waals surface area contributed by atoms with E-state index in [9.17, 15) is 9.18 Å². The first kappa shape index (κ1) is 20.8. The zero-order chi connectivity index (χ0) is 21.6. The van der Waals surface area contributed by atoms with E-state index in [0.29, 0.717) is 10.8 Å². The van der Waals surface area contributed by atoms with Crippen molar-refractivity contribution in [3.63, 3.8) is 0 Å². The maximum absolute atomic E-state index is 14.2. The number of para-hydroxylation sites is 1. The molecule has 4 rings (SSSR count). The van der Waals surface area contributed by atoms with Gasteiger partial charge in [0.2, 0.25) is 5.91 Å². The number of carbonyl (C=O) groups excluding carboxylic acids is 1. The van der Waals surface area contributed by atoms with E-state index in [1.165, 1.54) is 24.2 Å². The smallest absolute Gasteiger partial charge is 0.234 e. The van der Waals surface area contributed by atoms with Crippen LogP contribution in [0.2, 0.25) is 0 Å². The zero-order valence-electron chi connectivity index (χ0n) is 16.9. The number of hydrogen-bond donors (Lipinski definition) is 1. The van der Waals surface area contributed by atoms with Crippen LogP contribution in [0.1, 0.15) is 24.1 Å². The molecule has 0 radical (unpaired) electrons. The normalized spacial score (nSPS) is 12.0. The summed E-state index contributed by atoms with van der Waals surface area (Å²) in [4.78, 5) is 13.1. The van der Waals surface area contributed by atoms with Gasteiger partial charge >= 0.3 is 0 Å². The lowest BCUT2D eigenvalue weighted by molar-refractivity contribution is -0.120. The number of hydrogen-bond acceptors (Lipinski definition) is 4. The Kier molecular flexibility index (Phi) is 6.43. The first-order chi connectivity index (χ1) is 15.1. The van der Waals surface area contributed by atoms with Crippen molar-refractivity contribution in [1.29, 1.82) is 0 Å². The Labute approximate surface area is 184 Å². The molecule has 1 N–H and O–H groups in total. The number of nitrogens with zero attached hydrogens (tertiary/aromatic N) is 3. The highest BCUT2D eigenvalue weighted by atomic mass is 32.2. The van der Waals surface area contributed by atoms with E-state index in [2.05, 4.69) is 15.5 Å². The molecule has 0 fully saturated rings. The molecule has 0 unspecified atom stereocenters. The molecule has 1 amide bonds. The maximum Gasteiger partial charge on any atom is 0.234 e. The van der Waals surface area contributed by atoms with Crippen LogP contribution in [0.3, 0.4) is 0 Å². The van der Waals surface area contributed by atoms with Crippen LogP contribution in [-0.2, 0) is 4.79 Å². The molecular weight excluding hydrogens is 411 g/mol. The number of thioether (sulfide) groups is 1. The fourth-order valence-electron chi connectivity index (χ4n) is 3.24. The van der Waals surface area contributed by atoms with E-state index < -0.39 is 5.25 Å². The van der Waals surface area contributed by atoms with Gasteiger partial charge in [-0.1, -0.05) is 84.6 Å². The van der Waals surface area contributed by atoms with Gasteiger partial charge in [0.15, 0.2) is 5.16 Å². The van der Waals surface area contributed by atoms with Gasteiger partial charge in [0, 0.05) is 0 Å². The summed E-state index contributed by atoms with van der Waals surface area (Å²) in [6.07, 6.45) is 1.45. The lowest BCUT2D eigenvalue weighted by Crippen LogP contribution is -2.35.